The number of rotatable bonds is 5. The first-order valence-electron chi connectivity index (χ1n) is 4.70. The van der Waals surface area contributed by atoms with Crippen LogP contribution in [-0.2, 0) is 4.79 Å². The van der Waals surface area contributed by atoms with E-state index in [0.717, 1.165) is 18.2 Å². The Bertz CT molecular complexity index is 333. The zero-order valence-electron chi connectivity index (χ0n) is 8.17. The van der Waals surface area contributed by atoms with Gasteiger partial charge in [0.15, 0.2) is 5.82 Å². The quantitative estimate of drug-likeness (QED) is 0.668. The monoisotopic (exact) mass is 290 g/mol. The number of nitrogens with one attached hydrogen (secondary N) is 1. The molecule has 1 heterocycles. The molecule has 0 radical (unpaired) electrons. The molecule has 1 aromatic heterocycles. The molecule has 1 N–H and O–H groups in total. The van der Waals surface area contributed by atoms with E-state index >= 15 is 0 Å². The Balaban J connectivity index is 2.41. The van der Waals surface area contributed by atoms with Gasteiger partial charge >= 0.3 is 0 Å². The number of hydrogen-bond donors (Lipinski definition) is 1. The van der Waals surface area contributed by atoms with E-state index in [2.05, 4.69) is 26.2 Å². The first kappa shape index (κ1) is 12.5. The van der Waals surface area contributed by atoms with Crippen molar-refractivity contribution in [3.05, 3.63) is 23.4 Å². The van der Waals surface area contributed by atoms with Crippen LogP contribution in [0.3, 0.4) is 0 Å². The van der Waals surface area contributed by atoms with E-state index in [9.17, 15) is 4.79 Å². The van der Waals surface area contributed by atoms with Gasteiger partial charge in [0.1, 0.15) is 0 Å². The summed E-state index contributed by atoms with van der Waals surface area (Å²) in [7, 11) is 0. The summed E-state index contributed by atoms with van der Waals surface area (Å²) < 4.78 is 0. The molecule has 3 nitrogen and oxygen atoms in total. The van der Waals surface area contributed by atoms with Crippen molar-refractivity contribution in [3.63, 3.8) is 0 Å². The summed E-state index contributed by atoms with van der Waals surface area (Å²) in [6, 6.07) is 3.42. The smallest absolute Gasteiger partial charge is 0.225 e. The number of carbonyl (C=O) groups is 1. The maximum absolute atomic E-state index is 11.4. The molecule has 5 heteroatoms. The van der Waals surface area contributed by atoms with E-state index < -0.39 is 0 Å². The highest BCUT2D eigenvalue weighted by Crippen LogP contribution is 2.17. The van der Waals surface area contributed by atoms with E-state index in [1.54, 1.807) is 18.3 Å². The first-order chi connectivity index (χ1) is 7.24. The van der Waals surface area contributed by atoms with Crippen molar-refractivity contribution < 1.29 is 4.79 Å². The number of alkyl halides is 1. The molecule has 0 unspecified atom stereocenters. The van der Waals surface area contributed by atoms with Gasteiger partial charge in [0.05, 0.1) is 5.02 Å². The normalized spacial score (nSPS) is 10.0. The van der Waals surface area contributed by atoms with Gasteiger partial charge in [-0.15, -0.1) is 0 Å². The minimum atomic E-state index is -0.0449. The summed E-state index contributed by atoms with van der Waals surface area (Å²) in [5, 5.41) is 4.06. The molecule has 82 valence electrons. The van der Waals surface area contributed by atoms with Crippen molar-refractivity contribution in [2.75, 3.05) is 10.6 Å². The summed E-state index contributed by atoms with van der Waals surface area (Å²) in [6.45, 7) is 0. The maximum atomic E-state index is 11.4. The number of halogens is 2. The van der Waals surface area contributed by atoms with Gasteiger partial charge < -0.3 is 5.32 Å². The minimum Gasteiger partial charge on any atom is -0.309 e. The number of carbonyl (C=O) groups excluding carboxylic acids is 1. The van der Waals surface area contributed by atoms with Crippen molar-refractivity contribution in [3.8, 4) is 0 Å². The highest BCUT2D eigenvalue weighted by molar-refractivity contribution is 9.09. The zero-order chi connectivity index (χ0) is 11.1. The predicted molar refractivity (Wildman–Crippen MR) is 65.5 cm³/mol. The Morgan fingerprint density at radius 3 is 3.00 bits per heavy atom. The van der Waals surface area contributed by atoms with E-state index in [1.807, 2.05) is 0 Å². The van der Waals surface area contributed by atoms with Crippen molar-refractivity contribution in [2.24, 2.45) is 0 Å². The molecular formula is C10H12BrClN2O. The molecule has 15 heavy (non-hydrogen) atoms. The van der Waals surface area contributed by atoms with E-state index in [0.29, 0.717) is 17.3 Å². The summed E-state index contributed by atoms with van der Waals surface area (Å²) in [5.41, 5.74) is 0. The lowest BCUT2D eigenvalue weighted by Gasteiger charge is -2.04. The predicted octanol–water partition coefficient (Wildman–Crippen LogP) is 3.24. The molecular weight excluding hydrogens is 279 g/mol. The number of amides is 1. The molecule has 1 aromatic rings. The highest BCUT2D eigenvalue weighted by atomic mass is 79.9. The van der Waals surface area contributed by atoms with Gasteiger partial charge in [0.2, 0.25) is 5.91 Å². The van der Waals surface area contributed by atoms with Gasteiger partial charge in [0, 0.05) is 17.9 Å². The van der Waals surface area contributed by atoms with Crippen LogP contribution in [0.25, 0.3) is 0 Å². The van der Waals surface area contributed by atoms with Crippen LogP contribution in [0, 0.1) is 0 Å². The molecule has 0 aliphatic heterocycles. The molecule has 0 aliphatic rings. The Morgan fingerprint density at radius 1 is 1.53 bits per heavy atom. The first-order valence-corrected chi connectivity index (χ1v) is 6.20. The van der Waals surface area contributed by atoms with Gasteiger partial charge in [-0.25, -0.2) is 4.98 Å². The second kappa shape index (κ2) is 6.80. The van der Waals surface area contributed by atoms with Gasteiger partial charge in [-0.3, -0.25) is 4.79 Å². The molecule has 0 atom stereocenters. The molecule has 1 rings (SSSR count). The van der Waals surface area contributed by atoms with Crippen LogP contribution in [0.15, 0.2) is 18.3 Å². The lowest BCUT2D eigenvalue weighted by atomic mass is 10.2. The average Bonchev–Trinajstić information content (AvgIpc) is 2.22. The number of pyridine rings is 1. The zero-order valence-corrected chi connectivity index (χ0v) is 10.5. The number of hydrogen-bond acceptors (Lipinski definition) is 2. The Hall–Kier alpha value is -0.610. The number of unbranched alkanes of at least 4 members (excludes halogenated alkanes) is 1. The van der Waals surface area contributed by atoms with Crippen molar-refractivity contribution in [2.45, 2.75) is 19.3 Å². The molecule has 0 fully saturated rings. The van der Waals surface area contributed by atoms with Crippen molar-refractivity contribution in [1.29, 1.82) is 0 Å². The lowest BCUT2D eigenvalue weighted by Crippen LogP contribution is -2.12. The van der Waals surface area contributed by atoms with E-state index in [-0.39, 0.29) is 5.91 Å². The average molecular weight is 292 g/mol. The Kier molecular flexibility index (Phi) is 5.65. The van der Waals surface area contributed by atoms with Gasteiger partial charge in [-0.1, -0.05) is 27.5 Å². The Labute approximate surface area is 102 Å². The van der Waals surface area contributed by atoms with Crippen LogP contribution in [0.1, 0.15) is 19.3 Å². The third kappa shape index (κ3) is 4.62. The van der Waals surface area contributed by atoms with Crippen LogP contribution in [0.4, 0.5) is 5.82 Å². The molecule has 0 aromatic carbocycles. The van der Waals surface area contributed by atoms with Crippen LogP contribution >= 0.6 is 27.5 Å². The number of aromatic nitrogens is 1. The molecule has 0 bridgehead atoms. The summed E-state index contributed by atoms with van der Waals surface area (Å²) in [4.78, 5) is 15.4. The fourth-order valence-corrected chi connectivity index (χ4v) is 1.62. The lowest BCUT2D eigenvalue weighted by molar-refractivity contribution is -0.116. The third-order valence-corrected chi connectivity index (χ3v) is 2.67. The third-order valence-electron chi connectivity index (χ3n) is 1.80. The second-order valence-electron chi connectivity index (χ2n) is 3.03. The van der Waals surface area contributed by atoms with Gasteiger partial charge in [-0.2, -0.15) is 0 Å². The molecule has 0 saturated carbocycles. The fraction of sp³-hybridized carbons (Fsp3) is 0.400. The standard InChI is InChI=1S/C10H12BrClN2O/c11-6-2-1-5-9(15)14-10-8(12)4-3-7-13-10/h3-4,7H,1-2,5-6H2,(H,13,14,15). The molecule has 1 amide bonds. The molecule has 0 aliphatic carbocycles. The highest BCUT2D eigenvalue weighted by Gasteiger charge is 2.05. The largest absolute Gasteiger partial charge is 0.309 e. The summed E-state index contributed by atoms with van der Waals surface area (Å²) >= 11 is 9.16. The van der Waals surface area contributed by atoms with Crippen molar-refractivity contribution >= 4 is 39.3 Å². The summed E-state index contributed by atoms with van der Waals surface area (Å²) in [5.74, 6) is 0.388. The van der Waals surface area contributed by atoms with E-state index in [1.165, 1.54) is 0 Å². The molecule has 0 saturated heterocycles. The van der Waals surface area contributed by atoms with Crippen LogP contribution in [-0.4, -0.2) is 16.2 Å². The van der Waals surface area contributed by atoms with Crippen LogP contribution in [0.5, 0.6) is 0 Å². The Morgan fingerprint density at radius 2 is 2.33 bits per heavy atom. The van der Waals surface area contributed by atoms with Crippen LogP contribution < -0.4 is 5.32 Å². The van der Waals surface area contributed by atoms with Crippen LogP contribution in [0.2, 0.25) is 5.02 Å². The van der Waals surface area contributed by atoms with E-state index in [4.69, 9.17) is 11.6 Å². The number of nitrogens with zero attached hydrogens (tertiary/aromatic N) is 1. The molecule has 0 spiro atoms. The summed E-state index contributed by atoms with van der Waals surface area (Å²) in [6.07, 6.45) is 3.95. The maximum Gasteiger partial charge on any atom is 0.225 e. The fourth-order valence-electron chi connectivity index (χ4n) is 1.05. The number of anilines is 1. The van der Waals surface area contributed by atoms with Gasteiger partial charge in [-0.05, 0) is 25.0 Å². The SMILES string of the molecule is O=C(CCCCBr)Nc1ncccc1Cl. The topological polar surface area (TPSA) is 42.0 Å². The van der Waals surface area contributed by atoms with Crippen molar-refractivity contribution in [1.82, 2.24) is 4.98 Å². The van der Waals surface area contributed by atoms with Gasteiger partial charge in [0.25, 0.3) is 0 Å². The second-order valence-corrected chi connectivity index (χ2v) is 4.23. The minimum absolute atomic E-state index is 0.0449.